The van der Waals surface area contributed by atoms with Crippen LogP contribution >= 0.6 is 0 Å². The lowest BCUT2D eigenvalue weighted by Gasteiger charge is -2.40. The first-order valence-electron chi connectivity index (χ1n) is 10.3. The van der Waals surface area contributed by atoms with Crippen LogP contribution < -0.4 is 5.01 Å². The zero-order valence-electron chi connectivity index (χ0n) is 16.2. The molecule has 3 aliphatic rings. The van der Waals surface area contributed by atoms with Gasteiger partial charge in [0.2, 0.25) is 0 Å². The van der Waals surface area contributed by atoms with Gasteiger partial charge in [-0.15, -0.1) is 0 Å². The highest BCUT2D eigenvalue weighted by atomic mass is 16.4. The van der Waals surface area contributed by atoms with Crippen molar-refractivity contribution in [3.8, 4) is 0 Å². The van der Waals surface area contributed by atoms with E-state index in [4.69, 9.17) is 0 Å². The van der Waals surface area contributed by atoms with Crippen LogP contribution in [0.5, 0.6) is 0 Å². The summed E-state index contributed by atoms with van der Waals surface area (Å²) in [7, 11) is 0. The summed E-state index contributed by atoms with van der Waals surface area (Å²) in [6.07, 6.45) is 6.66. The number of hydrogen-bond acceptors (Lipinski definition) is 5. The Labute approximate surface area is 165 Å². The summed E-state index contributed by atoms with van der Waals surface area (Å²) in [6, 6.07) is 9.02. The number of para-hydroxylation sites is 1. The Bertz CT molecular complexity index is 737. The molecule has 1 atom stereocenters. The minimum absolute atomic E-state index is 0.118. The summed E-state index contributed by atoms with van der Waals surface area (Å²) in [5.74, 6) is -1.08. The van der Waals surface area contributed by atoms with Gasteiger partial charge in [0.05, 0.1) is 5.69 Å². The quantitative estimate of drug-likeness (QED) is 0.861. The number of hydrogen-bond donors (Lipinski definition) is 1. The molecule has 28 heavy (non-hydrogen) atoms. The number of piperazine rings is 1. The monoisotopic (exact) mass is 384 g/mol. The van der Waals surface area contributed by atoms with Crippen molar-refractivity contribution in [3.63, 3.8) is 0 Å². The van der Waals surface area contributed by atoms with Crippen LogP contribution in [0, 0.1) is 0 Å². The number of anilines is 1. The lowest BCUT2D eigenvalue weighted by Crippen LogP contribution is -2.53. The third-order valence-corrected chi connectivity index (χ3v) is 6.16. The zero-order chi connectivity index (χ0) is 19.5. The Morgan fingerprint density at radius 3 is 2.29 bits per heavy atom. The fraction of sp³-hybridized carbons (Fsp3) is 0.571. The number of carbonyl (C=O) groups excluding carboxylic acids is 1. The fourth-order valence-corrected chi connectivity index (χ4v) is 4.57. The molecule has 1 amide bonds. The van der Waals surface area contributed by atoms with Crippen molar-refractivity contribution < 1.29 is 14.7 Å². The number of carbonyl (C=O) groups is 2. The molecule has 2 aliphatic heterocycles. The maximum atomic E-state index is 13.0. The van der Waals surface area contributed by atoms with Gasteiger partial charge in [-0.05, 0) is 25.0 Å². The summed E-state index contributed by atoms with van der Waals surface area (Å²) in [5, 5.41) is 15.5. The molecule has 0 radical (unpaired) electrons. The number of rotatable bonds is 4. The Morgan fingerprint density at radius 1 is 0.964 bits per heavy atom. The first kappa shape index (κ1) is 18.9. The standard InChI is InChI=1S/C21H28N4O3/c26-20(24-13-11-23(12-14-24)16-7-3-1-4-8-16)18-15-19(21(27)28)25(22-18)17-9-5-2-6-10-17/h2,5-6,9-10,16,19H,1,3-4,7-8,11-15H2,(H,27,28). The van der Waals surface area contributed by atoms with E-state index in [1.165, 1.54) is 37.1 Å². The summed E-state index contributed by atoms with van der Waals surface area (Å²) in [5.41, 5.74) is 1.04. The van der Waals surface area contributed by atoms with E-state index in [0.717, 1.165) is 13.1 Å². The van der Waals surface area contributed by atoms with E-state index in [2.05, 4.69) is 10.0 Å². The van der Waals surface area contributed by atoms with Gasteiger partial charge >= 0.3 is 5.97 Å². The first-order valence-corrected chi connectivity index (χ1v) is 10.3. The zero-order valence-corrected chi connectivity index (χ0v) is 16.2. The van der Waals surface area contributed by atoms with Gasteiger partial charge in [0, 0.05) is 38.6 Å². The average Bonchev–Trinajstić information content (AvgIpc) is 3.20. The van der Waals surface area contributed by atoms with E-state index in [1.54, 1.807) is 0 Å². The van der Waals surface area contributed by atoms with Crippen molar-refractivity contribution in [2.75, 3.05) is 31.2 Å². The molecule has 150 valence electrons. The average molecular weight is 384 g/mol. The van der Waals surface area contributed by atoms with Crippen molar-refractivity contribution in [1.82, 2.24) is 9.80 Å². The molecule has 0 spiro atoms. The van der Waals surface area contributed by atoms with E-state index in [-0.39, 0.29) is 12.3 Å². The van der Waals surface area contributed by atoms with Crippen LogP contribution in [0.2, 0.25) is 0 Å². The van der Waals surface area contributed by atoms with Crippen LogP contribution in [0.25, 0.3) is 0 Å². The Hall–Kier alpha value is -2.41. The predicted octanol–water partition coefficient (Wildman–Crippen LogP) is 2.18. The second-order valence-electron chi connectivity index (χ2n) is 7.90. The van der Waals surface area contributed by atoms with E-state index in [9.17, 15) is 14.7 Å². The molecule has 0 aromatic heterocycles. The highest BCUT2D eigenvalue weighted by Gasteiger charge is 2.38. The molecule has 1 saturated heterocycles. The van der Waals surface area contributed by atoms with E-state index >= 15 is 0 Å². The maximum Gasteiger partial charge on any atom is 0.328 e. The highest BCUT2D eigenvalue weighted by Crippen LogP contribution is 2.26. The number of aliphatic carboxylic acids is 1. The van der Waals surface area contributed by atoms with Crippen molar-refractivity contribution in [2.24, 2.45) is 5.10 Å². The molecular weight excluding hydrogens is 356 g/mol. The Kier molecular flexibility index (Phi) is 5.62. The SMILES string of the molecule is O=C(O)C1CC(C(=O)N2CCN(C3CCCCC3)CC2)=NN1c1ccccc1. The van der Waals surface area contributed by atoms with Gasteiger partial charge in [-0.25, -0.2) is 4.79 Å². The maximum absolute atomic E-state index is 13.0. The molecule has 4 rings (SSSR count). The van der Waals surface area contributed by atoms with Crippen LogP contribution in [-0.4, -0.2) is 70.8 Å². The number of benzene rings is 1. The van der Waals surface area contributed by atoms with Gasteiger partial charge < -0.3 is 10.0 Å². The highest BCUT2D eigenvalue weighted by molar-refractivity contribution is 6.40. The van der Waals surface area contributed by atoms with Crippen molar-refractivity contribution >= 4 is 23.3 Å². The van der Waals surface area contributed by atoms with Crippen molar-refractivity contribution in [3.05, 3.63) is 30.3 Å². The molecule has 7 heteroatoms. The topological polar surface area (TPSA) is 76.5 Å². The Morgan fingerprint density at radius 2 is 1.64 bits per heavy atom. The largest absolute Gasteiger partial charge is 0.480 e. The second-order valence-corrected chi connectivity index (χ2v) is 7.90. The van der Waals surface area contributed by atoms with Crippen LogP contribution in [0.4, 0.5) is 5.69 Å². The lowest BCUT2D eigenvalue weighted by molar-refractivity contribution is -0.138. The number of carboxylic acid groups (broad SMARTS) is 1. The summed E-state index contributed by atoms with van der Waals surface area (Å²) in [6.45, 7) is 3.18. The van der Waals surface area contributed by atoms with Gasteiger partial charge in [-0.1, -0.05) is 37.5 Å². The number of carboxylic acids is 1. The lowest BCUT2D eigenvalue weighted by atomic mass is 9.94. The third-order valence-electron chi connectivity index (χ3n) is 6.16. The van der Waals surface area contributed by atoms with Crippen LogP contribution in [0.15, 0.2) is 35.4 Å². The van der Waals surface area contributed by atoms with E-state index in [0.29, 0.717) is 30.5 Å². The molecule has 1 aromatic rings. The molecule has 1 aliphatic carbocycles. The molecule has 0 bridgehead atoms. The predicted molar refractivity (Wildman–Crippen MR) is 107 cm³/mol. The van der Waals surface area contributed by atoms with Crippen LogP contribution in [0.1, 0.15) is 38.5 Å². The molecule has 2 heterocycles. The van der Waals surface area contributed by atoms with Gasteiger partial charge in [-0.2, -0.15) is 5.10 Å². The number of nitrogens with zero attached hydrogens (tertiary/aromatic N) is 4. The van der Waals surface area contributed by atoms with Gasteiger partial charge in [0.25, 0.3) is 5.91 Å². The molecule has 1 saturated carbocycles. The summed E-state index contributed by atoms with van der Waals surface area (Å²) < 4.78 is 0. The van der Waals surface area contributed by atoms with Crippen LogP contribution in [0.3, 0.4) is 0 Å². The van der Waals surface area contributed by atoms with Crippen LogP contribution in [-0.2, 0) is 9.59 Å². The first-order chi connectivity index (χ1) is 13.6. The minimum Gasteiger partial charge on any atom is -0.480 e. The molecule has 1 aromatic carbocycles. The van der Waals surface area contributed by atoms with E-state index in [1.807, 2.05) is 35.2 Å². The smallest absolute Gasteiger partial charge is 0.328 e. The normalized spacial score (nSPS) is 24.3. The summed E-state index contributed by atoms with van der Waals surface area (Å²) >= 11 is 0. The molecule has 7 nitrogen and oxygen atoms in total. The van der Waals surface area contributed by atoms with Gasteiger partial charge in [0.15, 0.2) is 6.04 Å². The number of hydrazone groups is 1. The van der Waals surface area contributed by atoms with Gasteiger partial charge in [0.1, 0.15) is 5.71 Å². The summed E-state index contributed by atoms with van der Waals surface area (Å²) in [4.78, 5) is 29.0. The van der Waals surface area contributed by atoms with E-state index < -0.39 is 12.0 Å². The molecular formula is C21H28N4O3. The molecule has 1 N–H and O–H groups in total. The van der Waals surface area contributed by atoms with Gasteiger partial charge in [-0.3, -0.25) is 14.7 Å². The van der Waals surface area contributed by atoms with Crippen molar-refractivity contribution in [1.29, 1.82) is 0 Å². The molecule has 1 unspecified atom stereocenters. The Balaban J connectivity index is 1.41. The number of amides is 1. The second kappa shape index (κ2) is 8.31. The fourth-order valence-electron chi connectivity index (χ4n) is 4.57. The third kappa shape index (κ3) is 3.90. The molecule has 2 fully saturated rings. The van der Waals surface area contributed by atoms with Crippen molar-refractivity contribution in [2.45, 2.75) is 50.6 Å². The minimum atomic E-state index is -0.961.